The molecule has 13 heavy (non-hydrogen) atoms. The zero-order chi connectivity index (χ0) is 9.68. The molecule has 0 aromatic heterocycles. The van der Waals surface area contributed by atoms with Crippen molar-refractivity contribution < 1.29 is 9.47 Å². The van der Waals surface area contributed by atoms with Crippen molar-refractivity contribution >= 4 is 0 Å². The van der Waals surface area contributed by atoms with Crippen molar-refractivity contribution in [3.05, 3.63) is 0 Å². The highest BCUT2D eigenvalue weighted by atomic mass is 16.5. The van der Waals surface area contributed by atoms with Crippen LogP contribution < -0.4 is 0 Å². The van der Waals surface area contributed by atoms with Gasteiger partial charge in [-0.2, -0.15) is 0 Å². The molecule has 2 nitrogen and oxygen atoms in total. The zero-order valence-corrected chi connectivity index (χ0v) is 9.08. The van der Waals surface area contributed by atoms with Crippen LogP contribution in [-0.4, -0.2) is 25.9 Å². The molecule has 1 aliphatic carbocycles. The van der Waals surface area contributed by atoms with Crippen LogP contribution in [0.1, 0.15) is 39.5 Å². The van der Waals surface area contributed by atoms with Gasteiger partial charge in [0.1, 0.15) is 0 Å². The monoisotopic (exact) mass is 186 g/mol. The second-order valence-electron chi connectivity index (χ2n) is 4.20. The maximum absolute atomic E-state index is 5.92. The van der Waals surface area contributed by atoms with Crippen LogP contribution >= 0.6 is 0 Å². The largest absolute Gasteiger partial charge is 0.382 e. The maximum atomic E-state index is 5.92. The maximum Gasteiger partial charge on any atom is 0.0784 e. The Hall–Kier alpha value is -0.0800. The minimum absolute atomic E-state index is 0.246. The molecule has 3 atom stereocenters. The molecular formula is C11H22O2. The second-order valence-corrected chi connectivity index (χ2v) is 4.20. The van der Waals surface area contributed by atoms with Crippen molar-refractivity contribution in [3.63, 3.8) is 0 Å². The average Bonchev–Trinajstić information content (AvgIpc) is 2.09. The van der Waals surface area contributed by atoms with E-state index in [2.05, 4.69) is 13.8 Å². The fourth-order valence-electron chi connectivity index (χ4n) is 2.06. The third-order valence-corrected chi connectivity index (χ3v) is 2.84. The van der Waals surface area contributed by atoms with E-state index in [1.54, 1.807) is 7.11 Å². The highest BCUT2D eigenvalue weighted by molar-refractivity contribution is 4.73. The van der Waals surface area contributed by atoms with Crippen LogP contribution in [-0.2, 0) is 9.47 Å². The quantitative estimate of drug-likeness (QED) is 0.672. The van der Waals surface area contributed by atoms with Crippen molar-refractivity contribution in [1.29, 1.82) is 0 Å². The molecule has 1 saturated carbocycles. The Morgan fingerprint density at radius 3 is 2.62 bits per heavy atom. The Morgan fingerprint density at radius 2 is 2.00 bits per heavy atom. The van der Waals surface area contributed by atoms with Gasteiger partial charge in [0.05, 0.1) is 18.8 Å². The van der Waals surface area contributed by atoms with Gasteiger partial charge in [-0.3, -0.25) is 0 Å². The molecular weight excluding hydrogens is 164 g/mol. The van der Waals surface area contributed by atoms with Gasteiger partial charge >= 0.3 is 0 Å². The lowest BCUT2D eigenvalue weighted by Crippen LogP contribution is -2.30. The van der Waals surface area contributed by atoms with Crippen molar-refractivity contribution in [2.24, 2.45) is 5.92 Å². The van der Waals surface area contributed by atoms with Crippen LogP contribution in [0.15, 0.2) is 0 Å². The van der Waals surface area contributed by atoms with Gasteiger partial charge in [0.2, 0.25) is 0 Å². The van der Waals surface area contributed by atoms with Gasteiger partial charge in [0.25, 0.3) is 0 Å². The fourth-order valence-corrected chi connectivity index (χ4v) is 2.06. The van der Waals surface area contributed by atoms with Crippen LogP contribution in [0.5, 0.6) is 0 Å². The summed E-state index contributed by atoms with van der Waals surface area (Å²) >= 11 is 0. The van der Waals surface area contributed by atoms with Crippen LogP contribution in [0, 0.1) is 5.92 Å². The van der Waals surface area contributed by atoms with Crippen molar-refractivity contribution in [1.82, 2.24) is 0 Å². The van der Waals surface area contributed by atoms with E-state index in [-0.39, 0.29) is 6.10 Å². The van der Waals surface area contributed by atoms with E-state index in [9.17, 15) is 0 Å². The number of hydrogen-bond acceptors (Lipinski definition) is 2. The van der Waals surface area contributed by atoms with Gasteiger partial charge in [-0.05, 0) is 25.7 Å². The molecule has 0 bridgehead atoms. The first kappa shape index (κ1) is 11.0. The number of hydrogen-bond donors (Lipinski definition) is 0. The minimum Gasteiger partial charge on any atom is -0.382 e. The molecule has 0 N–H and O–H groups in total. The van der Waals surface area contributed by atoms with Crippen molar-refractivity contribution in [2.75, 3.05) is 13.7 Å². The molecule has 78 valence electrons. The molecule has 0 saturated heterocycles. The first-order valence-electron chi connectivity index (χ1n) is 5.38. The Kier molecular flexibility index (Phi) is 4.74. The molecule has 0 aromatic carbocycles. The minimum atomic E-state index is 0.246. The second kappa shape index (κ2) is 5.61. The first-order valence-corrected chi connectivity index (χ1v) is 5.38. The van der Waals surface area contributed by atoms with E-state index in [0.29, 0.717) is 12.7 Å². The van der Waals surface area contributed by atoms with Gasteiger partial charge in [-0.25, -0.2) is 0 Å². The Bertz CT molecular complexity index is 136. The molecule has 0 aromatic rings. The summed E-state index contributed by atoms with van der Waals surface area (Å²) in [5.41, 5.74) is 0. The van der Waals surface area contributed by atoms with Crippen LogP contribution in [0.25, 0.3) is 0 Å². The lowest BCUT2D eigenvalue weighted by Gasteiger charge is -2.31. The summed E-state index contributed by atoms with van der Waals surface area (Å²) in [4.78, 5) is 0. The predicted octanol–water partition coefficient (Wildman–Crippen LogP) is 2.62. The Morgan fingerprint density at radius 1 is 1.31 bits per heavy atom. The third kappa shape index (κ3) is 3.65. The van der Waals surface area contributed by atoms with Crippen molar-refractivity contribution in [3.8, 4) is 0 Å². The SMILES string of the molecule is COCC(C)OC1CCCCC1C. The molecule has 3 unspecified atom stereocenters. The topological polar surface area (TPSA) is 18.5 Å². The predicted molar refractivity (Wildman–Crippen MR) is 53.8 cm³/mol. The Labute approximate surface area is 81.6 Å². The van der Waals surface area contributed by atoms with E-state index in [4.69, 9.17) is 9.47 Å². The summed E-state index contributed by atoms with van der Waals surface area (Å²) in [6.07, 6.45) is 5.98. The molecule has 0 spiro atoms. The van der Waals surface area contributed by atoms with Crippen LogP contribution in [0.4, 0.5) is 0 Å². The van der Waals surface area contributed by atoms with Gasteiger partial charge in [0, 0.05) is 7.11 Å². The molecule has 0 radical (unpaired) electrons. The molecule has 0 aliphatic heterocycles. The summed E-state index contributed by atoms with van der Waals surface area (Å²) in [5.74, 6) is 0.730. The normalized spacial score (nSPS) is 31.6. The summed E-state index contributed by atoms with van der Waals surface area (Å²) < 4.78 is 11.0. The summed E-state index contributed by atoms with van der Waals surface area (Å²) in [6, 6.07) is 0. The molecule has 0 heterocycles. The highest BCUT2D eigenvalue weighted by Crippen LogP contribution is 2.27. The molecule has 2 heteroatoms. The average molecular weight is 186 g/mol. The molecule has 1 rings (SSSR count). The van der Waals surface area contributed by atoms with Gasteiger partial charge in [-0.15, -0.1) is 0 Å². The molecule has 0 amide bonds. The third-order valence-electron chi connectivity index (χ3n) is 2.84. The number of ether oxygens (including phenoxy) is 2. The zero-order valence-electron chi connectivity index (χ0n) is 9.08. The summed E-state index contributed by atoms with van der Waals surface area (Å²) in [6.45, 7) is 5.09. The van der Waals surface area contributed by atoms with Crippen molar-refractivity contribution in [2.45, 2.75) is 51.7 Å². The van der Waals surface area contributed by atoms with E-state index in [1.165, 1.54) is 25.7 Å². The summed E-state index contributed by atoms with van der Waals surface area (Å²) in [5, 5.41) is 0. The fraction of sp³-hybridized carbons (Fsp3) is 1.00. The van der Waals surface area contributed by atoms with Gasteiger partial charge < -0.3 is 9.47 Å². The lowest BCUT2D eigenvalue weighted by molar-refractivity contribution is -0.0725. The lowest BCUT2D eigenvalue weighted by atomic mass is 9.88. The van der Waals surface area contributed by atoms with Crippen LogP contribution in [0.2, 0.25) is 0 Å². The smallest absolute Gasteiger partial charge is 0.0784 e. The standard InChI is InChI=1S/C11H22O2/c1-9-6-4-5-7-11(9)13-10(2)8-12-3/h9-11H,4-8H2,1-3H3. The van der Waals surface area contributed by atoms with E-state index in [0.717, 1.165) is 5.92 Å². The molecule has 1 aliphatic rings. The number of methoxy groups -OCH3 is 1. The first-order chi connectivity index (χ1) is 6.24. The van der Waals surface area contributed by atoms with E-state index < -0.39 is 0 Å². The summed E-state index contributed by atoms with van der Waals surface area (Å²) in [7, 11) is 1.73. The van der Waals surface area contributed by atoms with E-state index in [1.807, 2.05) is 0 Å². The highest BCUT2D eigenvalue weighted by Gasteiger charge is 2.23. The number of rotatable bonds is 4. The van der Waals surface area contributed by atoms with Gasteiger partial charge in [0.15, 0.2) is 0 Å². The van der Waals surface area contributed by atoms with E-state index >= 15 is 0 Å². The molecule has 1 fully saturated rings. The van der Waals surface area contributed by atoms with Crippen LogP contribution in [0.3, 0.4) is 0 Å². The van der Waals surface area contributed by atoms with Gasteiger partial charge in [-0.1, -0.05) is 19.8 Å². The Balaban J connectivity index is 2.25.